The molecule has 0 saturated carbocycles. The second kappa shape index (κ2) is 7.12. The predicted octanol–water partition coefficient (Wildman–Crippen LogP) is 3.98. The molecule has 1 aromatic heterocycles. The number of aromatic nitrogens is 1. The predicted molar refractivity (Wildman–Crippen MR) is 109 cm³/mol. The number of fused-ring (bicyclic) bond motifs is 1. The number of para-hydroxylation sites is 1. The number of aryl methyl sites for hydroxylation is 2. The number of likely N-dealkylation sites (N-methyl/N-ethyl adjacent to an activating group) is 1. The maximum absolute atomic E-state index is 13.6. The highest BCUT2D eigenvalue weighted by molar-refractivity contribution is 6.07. The van der Waals surface area contributed by atoms with Gasteiger partial charge in [0.1, 0.15) is 0 Å². The normalized spacial score (nSPS) is 18.0. The van der Waals surface area contributed by atoms with E-state index in [0.717, 1.165) is 47.4 Å². The van der Waals surface area contributed by atoms with Gasteiger partial charge in [-0.1, -0.05) is 48.5 Å². The van der Waals surface area contributed by atoms with Gasteiger partial charge in [-0.15, -0.1) is 0 Å². The van der Waals surface area contributed by atoms with Gasteiger partial charge < -0.3 is 9.80 Å². The molecule has 1 saturated heterocycles. The molecule has 1 atom stereocenters. The van der Waals surface area contributed by atoms with Crippen LogP contribution in [0.25, 0.3) is 10.9 Å². The molecule has 1 aliphatic heterocycles. The maximum atomic E-state index is 13.6. The fraction of sp³-hybridized carbons (Fsp3) is 0.304. The smallest absolute Gasteiger partial charge is 0.255 e. The number of benzene rings is 2. The number of carbonyl (C=O) groups is 1. The Morgan fingerprint density at radius 2 is 1.81 bits per heavy atom. The third-order valence-corrected chi connectivity index (χ3v) is 5.43. The number of piperazine rings is 1. The van der Waals surface area contributed by atoms with Gasteiger partial charge in [0.25, 0.3) is 5.91 Å². The molecule has 4 rings (SSSR count). The first kappa shape index (κ1) is 17.7. The quantitative estimate of drug-likeness (QED) is 0.694. The average molecular weight is 359 g/mol. The van der Waals surface area contributed by atoms with Crippen LogP contribution in [0.1, 0.15) is 33.2 Å². The van der Waals surface area contributed by atoms with Crippen LogP contribution in [0.4, 0.5) is 0 Å². The molecule has 3 aromatic rings. The second-order valence-electron chi connectivity index (χ2n) is 7.47. The summed E-state index contributed by atoms with van der Waals surface area (Å²) in [5, 5.41) is 0.941. The standard InChI is InChI=1S/C23H25N3O/c1-16-8-7-11-19-20(14-17(2)24-22(16)19)23(27)26-13-12-25(3)15-21(26)18-9-5-4-6-10-18/h4-11,14,21H,12-13,15H2,1-3H3. The van der Waals surface area contributed by atoms with E-state index in [1.54, 1.807) is 0 Å². The largest absolute Gasteiger partial charge is 0.329 e. The van der Waals surface area contributed by atoms with Crippen molar-refractivity contribution in [2.24, 2.45) is 0 Å². The Balaban J connectivity index is 1.79. The lowest BCUT2D eigenvalue weighted by Gasteiger charge is -2.40. The molecule has 0 aliphatic carbocycles. The summed E-state index contributed by atoms with van der Waals surface area (Å²) in [5.74, 6) is 0.0954. The zero-order valence-electron chi connectivity index (χ0n) is 16.1. The average Bonchev–Trinajstić information content (AvgIpc) is 2.68. The highest BCUT2D eigenvalue weighted by Crippen LogP contribution is 2.29. The molecule has 0 spiro atoms. The van der Waals surface area contributed by atoms with E-state index in [0.29, 0.717) is 0 Å². The second-order valence-corrected chi connectivity index (χ2v) is 7.47. The Bertz CT molecular complexity index is 984. The highest BCUT2D eigenvalue weighted by atomic mass is 16.2. The molecule has 1 unspecified atom stereocenters. The summed E-state index contributed by atoms with van der Waals surface area (Å²) in [6.07, 6.45) is 0. The number of pyridine rings is 1. The van der Waals surface area contributed by atoms with Crippen molar-refractivity contribution in [3.8, 4) is 0 Å². The van der Waals surface area contributed by atoms with Gasteiger partial charge in [-0.2, -0.15) is 0 Å². The Hall–Kier alpha value is -2.72. The number of carbonyl (C=O) groups excluding carboxylic acids is 1. The highest BCUT2D eigenvalue weighted by Gasteiger charge is 2.31. The minimum absolute atomic E-state index is 0.0609. The third kappa shape index (κ3) is 3.33. The van der Waals surface area contributed by atoms with Crippen LogP contribution in [0.15, 0.2) is 54.6 Å². The lowest BCUT2D eigenvalue weighted by molar-refractivity contribution is 0.0500. The van der Waals surface area contributed by atoms with E-state index >= 15 is 0 Å². The number of rotatable bonds is 2. The van der Waals surface area contributed by atoms with Crippen molar-refractivity contribution in [3.05, 3.63) is 77.0 Å². The van der Waals surface area contributed by atoms with Gasteiger partial charge in [-0.05, 0) is 38.1 Å². The molecule has 1 aliphatic rings. The minimum atomic E-state index is 0.0609. The molecule has 0 radical (unpaired) electrons. The number of hydrogen-bond donors (Lipinski definition) is 0. The van der Waals surface area contributed by atoms with Crippen molar-refractivity contribution in [1.29, 1.82) is 0 Å². The molecule has 138 valence electrons. The molecule has 4 nitrogen and oxygen atoms in total. The molecule has 1 amide bonds. The van der Waals surface area contributed by atoms with Crippen molar-refractivity contribution in [2.45, 2.75) is 19.9 Å². The fourth-order valence-corrected chi connectivity index (χ4v) is 3.97. The molecular formula is C23H25N3O. The first-order chi connectivity index (χ1) is 13.0. The first-order valence-electron chi connectivity index (χ1n) is 9.46. The number of hydrogen-bond acceptors (Lipinski definition) is 3. The summed E-state index contributed by atoms with van der Waals surface area (Å²) in [6, 6.07) is 18.4. The SMILES string of the molecule is Cc1cc(C(=O)N2CCN(C)CC2c2ccccc2)c2cccc(C)c2n1. The molecule has 1 fully saturated rings. The van der Waals surface area contributed by atoms with Crippen molar-refractivity contribution < 1.29 is 4.79 Å². The fourth-order valence-electron chi connectivity index (χ4n) is 3.97. The molecule has 27 heavy (non-hydrogen) atoms. The van der Waals surface area contributed by atoms with Crippen LogP contribution in [0.2, 0.25) is 0 Å². The van der Waals surface area contributed by atoms with Crippen LogP contribution in [-0.4, -0.2) is 47.4 Å². The lowest BCUT2D eigenvalue weighted by atomic mass is 9.99. The molecule has 0 N–H and O–H groups in total. The summed E-state index contributed by atoms with van der Waals surface area (Å²) in [7, 11) is 2.12. The van der Waals surface area contributed by atoms with Crippen LogP contribution in [-0.2, 0) is 0 Å². The monoisotopic (exact) mass is 359 g/mol. The summed E-state index contributed by atoms with van der Waals surface area (Å²) in [5.41, 5.74) is 4.84. The third-order valence-electron chi connectivity index (χ3n) is 5.43. The summed E-state index contributed by atoms with van der Waals surface area (Å²) in [6.45, 7) is 6.46. The van der Waals surface area contributed by atoms with E-state index in [-0.39, 0.29) is 11.9 Å². The molecule has 2 heterocycles. The molecule has 4 heteroatoms. The Morgan fingerprint density at radius 1 is 1.04 bits per heavy atom. The molecular weight excluding hydrogens is 334 g/mol. The zero-order chi connectivity index (χ0) is 19.0. The molecule has 2 aromatic carbocycles. The van der Waals surface area contributed by atoms with Crippen molar-refractivity contribution in [2.75, 3.05) is 26.7 Å². The Labute approximate surface area is 160 Å². The van der Waals surface area contributed by atoms with Gasteiger partial charge in [-0.3, -0.25) is 9.78 Å². The van der Waals surface area contributed by atoms with Gasteiger partial charge in [0, 0.05) is 30.7 Å². The van der Waals surface area contributed by atoms with E-state index in [1.165, 1.54) is 5.56 Å². The topological polar surface area (TPSA) is 36.4 Å². The van der Waals surface area contributed by atoms with Gasteiger partial charge in [-0.25, -0.2) is 0 Å². The van der Waals surface area contributed by atoms with Crippen LogP contribution in [0, 0.1) is 13.8 Å². The van der Waals surface area contributed by atoms with E-state index in [1.807, 2.05) is 61.2 Å². The van der Waals surface area contributed by atoms with E-state index < -0.39 is 0 Å². The van der Waals surface area contributed by atoms with Gasteiger partial charge >= 0.3 is 0 Å². The zero-order valence-corrected chi connectivity index (χ0v) is 16.1. The van der Waals surface area contributed by atoms with Crippen LogP contribution in [0.5, 0.6) is 0 Å². The number of nitrogens with zero attached hydrogens (tertiary/aromatic N) is 3. The number of amides is 1. The van der Waals surface area contributed by atoms with Crippen LogP contribution >= 0.6 is 0 Å². The summed E-state index contributed by atoms with van der Waals surface area (Å²) >= 11 is 0. The van der Waals surface area contributed by atoms with Crippen molar-refractivity contribution in [1.82, 2.24) is 14.8 Å². The van der Waals surface area contributed by atoms with Crippen molar-refractivity contribution >= 4 is 16.8 Å². The Morgan fingerprint density at radius 3 is 2.59 bits per heavy atom. The van der Waals surface area contributed by atoms with Gasteiger partial charge in [0.05, 0.1) is 17.1 Å². The maximum Gasteiger partial charge on any atom is 0.255 e. The summed E-state index contributed by atoms with van der Waals surface area (Å²) in [4.78, 5) is 22.6. The van der Waals surface area contributed by atoms with E-state index in [9.17, 15) is 4.79 Å². The molecule has 0 bridgehead atoms. The first-order valence-corrected chi connectivity index (χ1v) is 9.46. The van der Waals surface area contributed by atoms with Crippen molar-refractivity contribution in [3.63, 3.8) is 0 Å². The Kier molecular flexibility index (Phi) is 4.66. The van der Waals surface area contributed by atoms with Crippen LogP contribution in [0.3, 0.4) is 0 Å². The van der Waals surface area contributed by atoms with Gasteiger partial charge in [0.2, 0.25) is 0 Å². The van der Waals surface area contributed by atoms with Crippen LogP contribution < -0.4 is 0 Å². The lowest BCUT2D eigenvalue weighted by Crippen LogP contribution is -2.49. The summed E-state index contributed by atoms with van der Waals surface area (Å²) < 4.78 is 0. The minimum Gasteiger partial charge on any atom is -0.329 e. The van der Waals surface area contributed by atoms with Gasteiger partial charge in [0.15, 0.2) is 0 Å². The van der Waals surface area contributed by atoms with E-state index in [2.05, 4.69) is 29.1 Å². The van der Waals surface area contributed by atoms with E-state index in [4.69, 9.17) is 0 Å².